The zero-order valence-electron chi connectivity index (χ0n) is 16.3. The molecule has 6 nitrogen and oxygen atoms in total. The van der Waals surface area contributed by atoms with Crippen LogP contribution in [-0.4, -0.2) is 26.4 Å². The van der Waals surface area contributed by atoms with Crippen LogP contribution in [-0.2, 0) is 17.9 Å². The number of anilines is 1. The van der Waals surface area contributed by atoms with Crippen molar-refractivity contribution in [1.82, 2.24) is 14.8 Å². The molecule has 0 spiro atoms. The molecular weight excluding hydrogens is 372 g/mol. The van der Waals surface area contributed by atoms with Crippen LogP contribution in [0.2, 0.25) is 0 Å². The van der Waals surface area contributed by atoms with Gasteiger partial charge in [-0.1, -0.05) is 42.1 Å². The quantitative estimate of drug-likeness (QED) is 0.577. The van der Waals surface area contributed by atoms with E-state index in [4.69, 9.17) is 4.74 Å². The molecule has 0 atom stereocenters. The first-order chi connectivity index (χ1) is 13.6. The maximum atomic E-state index is 12.2. The zero-order chi connectivity index (χ0) is 19.9. The minimum atomic E-state index is -0.0740. The van der Waals surface area contributed by atoms with E-state index in [1.807, 2.05) is 60.9 Å². The molecule has 0 radical (unpaired) electrons. The lowest BCUT2D eigenvalue weighted by Crippen LogP contribution is -2.14. The lowest BCUT2D eigenvalue weighted by molar-refractivity contribution is -0.113. The summed E-state index contributed by atoms with van der Waals surface area (Å²) in [6.45, 7) is 7.18. The Balaban J connectivity index is 1.60. The number of rotatable bonds is 8. The van der Waals surface area contributed by atoms with Crippen LogP contribution in [0.5, 0.6) is 5.75 Å². The normalized spacial score (nSPS) is 10.7. The minimum absolute atomic E-state index is 0.0740. The van der Waals surface area contributed by atoms with E-state index in [0.29, 0.717) is 18.3 Å². The zero-order valence-corrected chi connectivity index (χ0v) is 17.1. The Bertz CT molecular complexity index is 941. The second-order valence-electron chi connectivity index (χ2n) is 6.33. The van der Waals surface area contributed by atoms with E-state index in [0.717, 1.165) is 22.8 Å². The van der Waals surface area contributed by atoms with Gasteiger partial charge in [0.15, 0.2) is 11.0 Å². The molecule has 0 aliphatic rings. The van der Waals surface area contributed by atoms with Crippen molar-refractivity contribution in [3.8, 4) is 5.75 Å². The van der Waals surface area contributed by atoms with Crippen molar-refractivity contribution in [2.75, 3.05) is 11.1 Å². The van der Waals surface area contributed by atoms with Crippen LogP contribution in [0.25, 0.3) is 0 Å². The lowest BCUT2D eigenvalue weighted by Gasteiger charge is -2.11. The van der Waals surface area contributed by atoms with Crippen molar-refractivity contribution in [3.63, 3.8) is 0 Å². The van der Waals surface area contributed by atoms with Gasteiger partial charge >= 0.3 is 0 Å². The number of hydrogen-bond acceptors (Lipinski definition) is 5. The molecular formula is C21H24N4O2S. The summed E-state index contributed by atoms with van der Waals surface area (Å²) in [7, 11) is 0. The highest BCUT2D eigenvalue weighted by molar-refractivity contribution is 7.99. The van der Waals surface area contributed by atoms with Gasteiger partial charge in [0.2, 0.25) is 5.91 Å². The molecule has 7 heteroatoms. The predicted octanol–water partition coefficient (Wildman–Crippen LogP) is 4.22. The van der Waals surface area contributed by atoms with Crippen LogP contribution in [0.1, 0.15) is 23.9 Å². The first kappa shape index (κ1) is 19.9. The number of ether oxygens (including phenoxy) is 1. The number of para-hydroxylation sites is 1. The second kappa shape index (κ2) is 9.41. The molecule has 0 aliphatic heterocycles. The largest absolute Gasteiger partial charge is 0.485 e. The molecule has 0 unspecified atom stereocenters. The smallest absolute Gasteiger partial charge is 0.234 e. The summed E-state index contributed by atoms with van der Waals surface area (Å²) >= 11 is 1.37. The number of carbonyl (C=O) groups is 1. The Labute approximate surface area is 169 Å². The average Bonchev–Trinajstić information content (AvgIpc) is 3.10. The molecule has 0 saturated heterocycles. The number of aryl methyl sites for hydroxylation is 1. The summed E-state index contributed by atoms with van der Waals surface area (Å²) in [5.41, 5.74) is 3.10. The van der Waals surface area contributed by atoms with E-state index in [2.05, 4.69) is 28.5 Å². The SMILES string of the molecule is CCn1c(COc2cccc(C)c2C)nnc1SCC(=O)Nc1ccccc1. The van der Waals surface area contributed by atoms with Gasteiger partial charge in [0.05, 0.1) is 5.75 Å². The van der Waals surface area contributed by atoms with Crippen LogP contribution in [0, 0.1) is 13.8 Å². The Morgan fingerprint density at radius 1 is 1.11 bits per heavy atom. The summed E-state index contributed by atoms with van der Waals surface area (Å²) in [4.78, 5) is 12.2. The minimum Gasteiger partial charge on any atom is -0.485 e. The number of thioether (sulfide) groups is 1. The molecule has 0 saturated carbocycles. The molecule has 3 rings (SSSR count). The molecule has 1 amide bonds. The van der Waals surface area contributed by atoms with Crippen molar-refractivity contribution < 1.29 is 9.53 Å². The van der Waals surface area contributed by atoms with Crippen molar-refractivity contribution in [1.29, 1.82) is 0 Å². The monoisotopic (exact) mass is 396 g/mol. The van der Waals surface area contributed by atoms with E-state index in [1.165, 1.54) is 17.3 Å². The van der Waals surface area contributed by atoms with Gasteiger partial charge in [0.25, 0.3) is 0 Å². The molecule has 1 aromatic heterocycles. The van der Waals surface area contributed by atoms with Crippen LogP contribution in [0.4, 0.5) is 5.69 Å². The first-order valence-corrected chi connectivity index (χ1v) is 10.2. The number of nitrogens with one attached hydrogen (secondary N) is 1. The first-order valence-electron chi connectivity index (χ1n) is 9.17. The Morgan fingerprint density at radius 3 is 2.64 bits per heavy atom. The molecule has 1 N–H and O–H groups in total. The topological polar surface area (TPSA) is 69.0 Å². The van der Waals surface area contributed by atoms with Gasteiger partial charge in [-0.2, -0.15) is 0 Å². The third kappa shape index (κ3) is 4.92. The maximum absolute atomic E-state index is 12.2. The Hall–Kier alpha value is -2.80. The molecule has 0 fully saturated rings. The molecule has 146 valence electrons. The van der Waals surface area contributed by atoms with Gasteiger partial charge in [-0.3, -0.25) is 4.79 Å². The van der Waals surface area contributed by atoms with Gasteiger partial charge in [0.1, 0.15) is 12.4 Å². The predicted molar refractivity (Wildman–Crippen MR) is 112 cm³/mol. The maximum Gasteiger partial charge on any atom is 0.234 e. The van der Waals surface area contributed by atoms with Crippen LogP contribution in [0.3, 0.4) is 0 Å². The molecule has 0 bridgehead atoms. The number of nitrogens with zero attached hydrogens (tertiary/aromatic N) is 3. The molecule has 28 heavy (non-hydrogen) atoms. The van der Waals surface area contributed by atoms with Gasteiger partial charge in [-0.05, 0) is 50.1 Å². The average molecular weight is 397 g/mol. The summed E-state index contributed by atoms with van der Waals surface area (Å²) in [6, 6.07) is 15.4. The Kier molecular flexibility index (Phi) is 6.71. The van der Waals surface area contributed by atoms with Crippen molar-refractivity contribution in [3.05, 3.63) is 65.5 Å². The third-order valence-electron chi connectivity index (χ3n) is 4.41. The fraction of sp³-hybridized carbons (Fsp3) is 0.286. The van der Waals surface area contributed by atoms with Crippen LogP contribution in [0.15, 0.2) is 53.7 Å². The number of benzene rings is 2. The van der Waals surface area contributed by atoms with Gasteiger partial charge in [-0.25, -0.2) is 0 Å². The number of aromatic nitrogens is 3. The summed E-state index contributed by atoms with van der Waals surface area (Å²) in [5.74, 6) is 1.79. The number of carbonyl (C=O) groups excluding carboxylic acids is 1. The van der Waals surface area contributed by atoms with Crippen LogP contribution < -0.4 is 10.1 Å². The lowest BCUT2D eigenvalue weighted by atomic mass is 10.1. The fourth-order valence-corrected chi connectivity index (χ4v) is 3.54. The van der Waals surface area contributed by atoms with Gasteiger partial charge in [0, 0.05) is 12.2 Å². The summed E-state index contributed by atoms with van der Waals surface area (Å²) in [6.07, 6.45) is 0. The summed E-state index contributed by atoms with van der Waals surface area (Å²) in [5, 5.41) is 12.1. The molecule has 1 heterocycles. The highest BCUT2D eigenvalue weighted by atomic mass is 32.2. The van der Waals surface area contributed by atoms with Crippen molar-refractivity contribution in [2.24, 2.45) is 0 Å². The highest BCUT2D eigenvalue weighted by Gasteiger charge is 2.14. The van der Waals surface area contributed by atoms with Gasteiger partial charge in [-0.15, -0.1) is 10.2 Å². The van der Waals surface area contributed by atoms with E-state index < -0.39 is 0 Å². The molecule has 3 aromatic rings. The van der Waals surface area contributed by atoms with Crippen molar-refractivity contribution in [2.45, 2.75) is 39.1 Å². The Morgan fingerprint density at radius 2 is 1.89 bits per heavy atom. The molecule has 0 aliphatic carbocycles. The fourth-order valence-electron chi connectivity index (χ4n) is 2.72. The second-order valence-corrected chi connectivity index (χ2v) is 7.28. The number of amides is 1. The van der Waals surface area contributed by atoms with E-state index in [1.54, 1.807) is 0 Å². The van der Waals surface area contributed by atoms with E-state index in [9.17, 15) is 4.79 Å². The highest BCUT2D eigenvalue weighted by Crippen LogP contribution is 2.23. The van der Waals surface area contributed by atoms with E-state index in [-0.39, 0.29) is 11.7 Å². The standard InChI is InChI=1S/C21H24N4O2S/c1-4-25-19(13-27-18-12-8-9-15(2)16(18)3)23-24-21(25)28-14-20(26)22-17-10-6-5-7-11-17/h5-12H,4,13-14H2,1-3H3,(H,22,26). The number of hydrogen-bond donors (Lipinski definition) is 1. The van der Waals surface area contributed by atoms with Crippen molar-refractivity contribution >= 4 is 23.4 Å². The van der Waals surface area contributed by atoms with Crippen LogP contribution >= 0.6 is 11.8 Å². The third-order valence-corrected chi connectivity index (χ3v) is 5.38. The van der Waals surface area contributed by atoms with E-state index >= 15 is 0 Å². The molecule has 2 aromatic carbocycles. The van der Waals surface area contributed by atoms with Gasteiger partial charge < -0.3 is 14.6 Å². The summed E-state index contributed by atoms with van der Waals surface area (Å²) < 4.78 is 7.93.